The van der Waals surface area contributed by atoms with Crippen LogP contribution < -0.4 is 0 Å². The van der Waals surface area contributed by atoms with Gasteiger partial charge in [0.2, 0.25) is 5.91 Å². The normalized spacial score (nSPS) is 35.0. The second kappa shape index (κ2) is 5.30. The molecule has 3 aliphatic rings. The van der Waals surface area contributed by atoms with Crippen molar-refractivity contribution in [2.45, 2.75) is 44.7 Å². The summed E-state index contributed by atoms with van der Waals surface area (Å²) in [5, 5.41) is 0. The number of carbonyl (C=O) groups is 1. The van der Waals surface area contributed by atoms with Crippen LogP contribution in [0.15, 0.2) is 0 Å². The average molecular weight is 300 g/mol. The Morgan fingerprint density at radius 2 is 1.90 bits per heavy atom. The molecule has 0 aromatic carbocycles. The van der Waals surface area contributed by atoms with Crippen LogP contribution >= 0.6 is 0 Å². The van der Waals surface area contributed by atoms with Crippen molar-refractivity contribution in [2.75, 3.05) is 31.1 Å². The van der Waals surface area contributed by atoms with Crippen molar-refractivity contribution in [3.05, 3.63) is 0 Å². The highest BCUT2D eigenvalue weighted by atomic mass is 32.2. The molecule has 0 spiro atoms. The van der Waals surface area contributed by atoms with Crippen LogP contribution in [0.25, 0.3) is 0 Å². The molecule has 1 aliphatic carbocycles. The van der Waals surface area contributed by atoms with E-state index in [-0.39, 0.29) is 29.4 Å². The monoisotopic (exact) mass is 300 g/mol. The van der Waals surface area contributed by atoms with Gasteiger partial charge in [-0.15, -0.1) is 0 Å². The van der Waals surface area contributed by atoms with Gasteiger partial charge in [0, 0.05) is 19.1 Å². The fourth-order valence-electron chi connectivity index (χ4n) is 3.59. The van der Waals surface area contributed by atoms with Gasteiger partial charge in [0.25, 0.3) is 0 Å². The van der Waals surface area contributed by atoms with E-state index in [1.54, 1.807) is 4.90 Å². The Balaban J connectivity index is 1.69. The molecule has 1 amide bonds. The van der Waals surface area contributed by atoms with Crippen molar-refractivity contribution >= 4 is 15.7 Å². The highest BCUT2D eigenvalue weighted by Crippen LogP contribution is 2.34. The van der Waals surface area contributed by atoms with E-state index in [0.717, 1.165) is 19.4 Å². The van der Waals surface area contributed by atoms with E-state index < -0.39 is 9.84 Å². The van der Waals surface area contributed by atoms with E-state index in [1.165, 1.54) is 12.8 Å². The second-order valence-electron chi connectivity index (χ2n) is 6.63. The summed E-state index contributed by atoms with van der Waals surface area (Å²) >= 11 is 0. The number of sulfone groups is 1. The minimum atomic E-state index is -2.98. The number of likely N-dealkylation sites (tertiary alicyclic amines) is 1. The predicted octanol–water partition coefficient (Wildman–Crippen LogP) is 0.506. The Hall–Kier alpha value is -0.620. The van der Waals surface area contributed by atoms with Gasteiger partial charge >= 0.3 is 0 Å². The first-order valence-corrected chi connectivity index (χ1v) is 9.53. The van der Waals surface area contributed by atoms with Gasteiger partial charge in [0.05, 0.1) is 17.5 Å². The molecule has 114 valence electrons. The van der Waals surface area contributed by atoms with Crippen LogP contribution in [0.4, 0.5) is 0 Å². The van der Waals surface area contributed by atoms with Crippen molar-refractivity contribution < 1.29 is 13.2 Å². The smallest absolute Gasteiger partial charge is 0.239 e. The Morgan fingerprint density at radius 1 is 1.15 bits per heavy atom. The van der Waals surface area contributed by atoms with Crippen molar-refractivity contribution in [2.24, 2.45) is 5.92 Å². The zero-order valence-corrected chi connectivity index (χ0v) is 12.9. The molecule has 0 bridgehead atoms. The molecule has 6 heteroatoms. The Kier molecular flexibility index (Phi) is 3.79. The lowest BCUT2D eigenvalue weighted by atomic mass is 10.1. The van der Waals surface area contributed by atoms with Crippen LogP contribution in [0.2, 0.25) is 0 Å². The second-order valence-corrected chi connectivity index (χ2v) is 8.86. The number of rotatable bonds is 2. The summed E-state index contributed by atoms with van der Waals surface area (Å²) in [4.78, 5) is 16.9. The zero-order valence-electron chi connectivity index (χ0n) is 12.1. The first-order valence-electron chi connectivity index (χ1n) is 7.71. The molecule has 2 atom stereocenters. The summed E-state index contributed by atoms with van der Waals surface area (Å²) in [6.07, 6.45) is 4.46. The van der Waals surface area contributed by atoms with Gasteiger partial charge in [-0.3, -0.25) is 9.69 Å². The summed E-state index contributed by atoms with van der Waals surface area (Å²) in [6.45, 7) is 3.92. The summed E-state index contributed by atoms with van der Waals surface area (Å²) in [7, 11) is -2.98. The standard InChI is InChI=1S/C14H24N2O3S/c1-11-9-15(7-8-20(18,19)10-11)14(17)13-3-2-6-16(13)12-4-5-12/h11-13H,2-10H2,1H3/t11-,13-/m1/s1. The Morgan fingerprint density at radius 3 is 2.60 bits per heavy atom. The number of hydrogen-bond donors (Lipinski definition) is 0. The maximum Gasteiger partial charge on any atom is 0.239 e. The maximum atomic E-state index is 12.7. The molecule has 2 saturated heterocycles. The zero-order chi connectivity index (χ0) is 14.3. The lowest BCUT2D eigenvalue weighted by molar-refractivity contribution is -0.136. The molecule has 20 heavy (non-hydrogen) atoms. The number of nitrogens with zero attached hydrogens (tertiary/aromatic N) is 2. The van der Waals surface area contributed by atoms with Gasteiger partial charge in [-0.25, -0.2) is 8.42 Å². The van der Waals surface area contributed by atoms with E-state index in [2.05, 4.69) is 4.90 Å². The van der Waals surface area contributed by atoms with Crippen molar-refractivity contribution in [3.8, 4) is 0 Å². The summed E-state index contributed by atoms with van der Waals surface area (Å²) in [6, 6.07) is 0.620. The van der Waals surface area contributed by atoms with E-state index in [1.807, 2.05) is 6.92 Å². The van der Waals surface area contributed by atoms with Crippen molar-refractivity contribution in [1.82, 2.24) is 9.80 Å². The largest absolute Gasteiger partial charge is 0.340 e. The number of carbonyl (C=O) groups excluding carboxylic acids is 1. The molecule has 2 aliphatic heterocycles. The van der Waals surface area contributed by atoms with Gasteiger partial charge < -0.3 is 4.90 Å². The molecule has 1 saturated carbocycles. The van der Waals surface area contributed by atoms with Crippen molar-refractivity contribution in [3.63, 3.8) is 0 Å². The van der Waals surface area contributed by atoms with Crippen LogP contribution in [-0.4, -0.2) is 67.3 Å². The topological polar surface area (TPSA) is 57.7 Å². The molecule has 0 radical (unpaired) electrons. The van der Waals surface area contributed by atoms with E-state index >= 15 is 0 Å². The summed E-state index contributed by atoms with van der Waals surface area (Å²) in [5.41, 5.74) is 0. The predicted molar refractivity (Wildman–Crippen MR) is 77.1 cm³/mol. The molecule has 3 fully saturated rings. The molecule has 0 N–H and O–H groups in total. The third-order valence-corrected chi connectivity index (χ3v) is 6.53. The molecule has 0 aromatic rings. The average Bonchev–Trinajstić information content (AvgIpc) is 3.12. The minimum Gasteiger partial charge on any atom is -0.340 e. The van der Waals surface area contributed by atoms with Gasteiger partial charge in [-0.2, -0.15) is 0 Å². The van der Waals surface area contributed by atoms with Crippen LogP contribution in [0, 0.1) is 5.92 Å². The molecule has 0 aromatic heterocycles. The molecule has 0 unspecified atom stereocenters. The quantitative estimate of drug-likeness (QED) is 0.745. The lowest BCUT2D eigenvalue weighted by Crippen LogP contribution is -2.48. The highest BCUT2D eigenvalue weighted by Gasteiger charge is 2.42. The van der Waals surface area contributed by atoms with E-state index in [9.17, 15) is 13.2 Å². The number of hydrogen-bond acceptors (Lipinski definition) is 4. The van der Waals surface area contributed by atoms with Crippen LogP contribution in [0.1, 0.15) is 32.6 Å². The third-order valence-electron chi connectivity index (χ3n) is 4.65. The minimum absolute atomic E-state index is 0.00973. The molecular formula is C14H24N2O3S. The van der Waals surface area contributed by atoms with E-state index in [0.29, 0.717) is 19.1 Å². The Labute approximate surface area is 121 Å². The van der Waals surface area contributed by atoms with Crippen LogP contribution in [0.5, 0.6) is 0 Å². The maximum absolute atomic E-state index is 12.7. The van der Waals surface area contributed by atoms with Crippen LogP contribution in [-0.2, 0) is 14.6 Å². The van der Waals surface area contributed by atoms with Gasteiger partial charge in [-0.1, -0.05) is 6.92 Å². The molecule has 5 nitrogen and oxygen atoms in total. The van der Waals surface area contributed by atoms with Crippen LogP contribution in [0.3, 0.4) is 0 Å². The molecule has 3 rings (SSSR count). The first-order chi connectivity index (χ1) is 9.46. The summed E-state index contributed by atoms with van der Waals surface area (Å²) in [5.74, 6) is 0.549. The molecule has 2 heterocycles. The Bertz CT molecular complexity index is 487. The molecular weight excluding hydrogens is 276 g/mol. The van der Waals surface area contributed by atoms with Crippen molar-refractivity contribution in [1.29, 1.82) is 0 Å². The van der Waals surface area contributed by atoms with Gasteiger partial charge in [0.1, 0.15) is 0 Å². The fraction of sp³-hybridized carbons (Fsp3) is 0.929. The lowest BCUT2D eigenvalue weighted by Gasteiger charge is -2.30. The SMILES string of the molecule is C[C@@H]1CN(C(=O)[C@H]2CCCN2C2CC2)CCS(=O)(=O)C1. The highest BCUT2D eigenvalue weighted by molar-refractivity contribution is 7.91. The number of amides is 1. The fourth-order valence-corrected chi connectivity index (χ4v) is 5.23. The first kappa shape index (κ1) is 14.3. The van der Waals surface area contributed by atoms with Gasteiger partial charge in [0.15, 0.2) is 9.84 Å². The summed E-state index contributed by atoms with van der Waals surface area (Å²) < 4.78 is 23.6. The third kappa shape index (κ3) is 3.01. The van der Waals surface area contributed by atoms with Gasteiger partial charge in [-0.05, 0) is 38.1 Å². The van der Waals surface area contributed by atoms with E-state index in [4.69, 9.17) is 0 Å².